The second kappa shape index (κ2) is 4.42. The smallest absolute Gasteiger partial charge is 0.359 e. The summed E-state index contributed by atoms with van der Waals surface area (Å²) in [5, 5.41) is 16.4. The van der Waals surface area contributed by atoms with Gasteiger partial charge in [0, 0.05) is 18.0 Å². The first-order valence-electron chi connectivity index (χ1n) is 6.81. The molecule has 20 heavy (non-hydrogen) atoms. The van der Waals surface area contributed by atoms with Gasteiger partial charge < -0.3 is 20.3 Å². The second-order valence-electron chi connectivity index (χ2n) is 5.49. The van der Waals surface area contributed by atoms with Crippen molar-refractivity contribution in [3.63, 3.8) is 0 Å². The van der Waals surface area contributed by atoms with Crippen molar-refractivity contribution < 1.29 is 4.92 Å². The van der Waals surface area contributed by atoms with Crippen LogP contribution in [0.15, 0.2) is 11.6 Å². The average Bonchev–Trinajstić information content (AvgIpc) is 2.99. The number of hydrogen-bond donors (Lipinski definition) is 1. The molecule has 1 atom stereocenters. The van der Waals surface area contributed by atoms with Gasteiger partial charge in [-0.15, -0.1) is 0 Å². The predicted octanol–water partition coefficient (Wildman–Crippen LogP) is 1.81. The van der Waals surface area contributed by atoms with Crippen molar-refractivity contribution in [2.45, 2.75) is 18.9 Å². The van der Waals surface area contributed by atoms with Crippen molar-refractivity contribution in [1.29, 1.82) is 0 Å². The van der Waals surface area contributed by atoms with Crippen LogP contribution in [0.2, 0.25) is 0 Å². The van der Waals surface area contributed by atoms with Gasteiger partial charge in [-0.25, -0.2) is 0 Å². The number of nitrogens with zero attached hydrogens (tertiary/aromatic N) is 4. The highest BCUT2D eigenvalue weighted by Crippen LogP contribution is 2.33. The lowest BCUT2D eigenvalue weighted by molar-refractivity contribution is -0.389. The van der Waals surface area contributed by atoms with Crippen LogP contribution in [0.5, 0.6) is 0 Å². The van der Waals surface area contributed by atoms with Gasteiger partial charge in [-0.1, -0.05) is 11.3 Å². The third kappa shape index (κ3) is 1.79. The molecule has 3 fully saturated rings. The highest BCUT2D eigenvalue weighted by molar-refractivity contribution is 7.15. The molecule has 7 nitrogen and oxygen atoms in total. The van der Waals surface area contributed by atoms with Gasteiger partial charge in [0.15, 0.2) is 0 Å². The molecule has 3 aliphatic heterocycles. The summed E-state index contributed by atoms with van der Waals surface area (Å²) in [6, 6.07) is 0.279. The van der Waals surface area contributed by atoms with Gasteiger partial charge in [0.05, 0.1) is 0 Å². The van der Waals surface area contributed by atoms with Gasteiger partial charge in [0.2, 0.25) is 5.82 Å². The first-order chi connectivity index (χ1) is 9.72. The highest BCUT2D eigenvalue weighted by atomic mass is 32.1. The van der Waals surface area contributed by atoms with Crippen LogP contribution in [0.25, 0.3) is 4.96 Å². The number of nitro groups is 1. The average molecular weight is 293 g/mol. The quantitative estimate of drug-likeness (QED) is 0.690. The van der Waals surface area contributed by atoms with Crippen molar-refractivity contribution in [1.82, 2.24) is 14.3 Å². The van der Waals surface area contributed by atoms with Gasteiger partial charge in [-0.2, -0.15) is 9.38 Å². The Hall–Kier alpha value is -1.67. The minimum Gasteiger partial charge on any atom is -0.359 e. The molecule has 8 heteroatoms. The molecular formula is C12H15N5O2S. The molecule has 1 N–H and O–H groups in total. The van der Waals surface area contributed by atoms with Crippen molar-refractivity contribution in [2.75, 3.05) is 25.0 Å². The number of thiazole rings is 1. The summed E-state index contributed by atoms with van der Waals surface area (Å²) in [5.41, 5.74) is 0. The maximum absolute atomic E-state index is 11.3. The zero-order chi connectivity index (χ0) is 13.7. The van der Waals surface area contributed by atoms with E-state index in [1.165, 1.54) is 24.2 Å². The van der Waals surface area contributed by atoms with Gasteiger partial charge >= 0.3 is 5.82 Å². The number of imidazole rings is 1. The first kappa shape index (κ1) is 12.1. The number of rotatable bonds is 3. The summed E-state index contributed by atoms with van der Waals surface area (Å²) in [5.74, 6) is 1.08. The third-order valence-electron chi connectivity index (χ3n) is 4.39. The summed E-state index contributed by atoms with van der Waals surface area (Å²) < 4.78 is 1.55. The standard InChI is InChI=1S/C12H15N5O2S/c18-17(19)11-10(14-12-16(11)5-6-20-12)13-9-7-15-3-1-8(9)2-4-15/h5-6,8-9,13H,1-4,7H2. The molecular weight excluding hydrogens is 278 g/mol. The molecule has 2 aromatic heterocycles. The Morgan fingerprint density at radius 2 is 2.25 bits per heavy atom. The molecule has 0 amide bonds. The van der Waals surface area contributed by atoms with Gasteiger partial charge in [0.1, 0.15) is 6.20 Å². The zero-order valence-corrected chi connectivity index (χ0v) is 11.7. The van der Waals surface area contributed by atoms with Crippen LogP contribution in [0.3, 0.4) is 0 Å². The van der Waals surface area contributed by atoms with Crippen LogP contribution >= 0.6 is 11.3 Å². The van der Waals surface area contributed by atoms with E-state index in [4.69, 9.17) is 0 Å². The van der Waals surface area contributed by atoms with E-state index in [9.17, 15) is 10.1 Å². The molecule has 0 aliphatic carbocycles. The number of nitrogens with one attached hydrogen (secondary N) is 1. The molecule has 2 bridgehead atoms. The number of fused-ring (bicyclic) bond motifs is 4. The van der Waals surface area contributed by atoms with E-state index in [1.54, 1.807) is 10.6 Å². The van der Waals surface area contributed by atoms with E-state index in [0.29, 0.717) is 16.7 Å². The molecule has 0 spiro atoms. The molecule has 0 saturated carbocycles. The fourth-order valence-corrected chi connectivity index (χ4v) is 4.06. The van der Waals surface area contributed by atoms with Crippen molar-refractivity contribution >= 4 is 27.9 Å². The summed E-state index contributed by atoms with van der Waals surface area (Å²) in [4.78, 5) is 18.4. The SMILES string of the molecule is O=[N+]([O-])c1c(NC2CN3CCC2CC3)nc2sccn12. The maximum atomic E-state index is 11.3. The topological polar surface area (TPSA) is 75.7 Å². The van der Waals surface area contributed by atoms with Crippen LogP contribution in [0.4, 0.5) is 11.6 Å². The summed E-state index contributed by atoms with van der Waals surface area (Å²) >= 11 is 1.41. The van der Waals surface area contributed by atoms with Crippen molar-refractivity contribution in [2.24, 2.45) is 5.92 Å². The van der Waals surface area contributed by atoms with E-state index < -0.39 is 0 Å². The number of anilines is 1. The van der Waals surface area contributed by atoms with Crippen molar-refractivity contribution in [3.05, 3.63) is 21.7 Å². The zero-order valence-electron chi connectivity index (χ0n) is 10.9. The lowest BCUT2D eigenvalue weighted by atomic mass is 9.84. The molecule has 3 aliphatic rings. The fraction of sp³-hybridized carbons (Fsp3) is 0.583. The molecule has 2 aromatic rings. The summed E-state index contributed by atoms with van der Waals surface area (Å²) in [7, 11) is 0. The normalized spacial score (nSPS) is 28.9. The van der Waals surface area contributed by atoms with E-state index in [0.717, 1.165) is 19.6 Å². The van der Waals surface area contributed by atoms with E-state index in [2.05, 4.69) is 15.2 Å². The minimum absolute atomic E-state index is 0.0534. The fourth-order valence-electron chi connectivity index (χ4n) is 3.35. The molecule has 1 unspecified atom stereocenters. The lowest BCUT2D eigenvalue weighted by Gasteiger charge is -2.44. The number of piperidine rings is 3. The molecule has 0 aromatic carbocycles. The number of hydrogen-bond acceptors (Lipinski definition) is 6. The van der Waals surface area contributed by atoms with Gasteiger partial charge in [-0.3, -0.25) is 0 Å². The predicted molar refractivity (Wildman–Crippen MR) is 76.3 cm³/mol. The Labute approximate surface area is 119 Å². The second-order valence-corrected chi connectivity index (χ2v) is 6.36. The van der Waals surface area contributed by atoms with Gasteiger partial charge in [0.25, 0.3) is 4.96 Å². The Bertz CT molecular complexity index is 658. The lowest BCUT2D eigenvalue weighted by Crippen LogP contribution is -2.53. The monoisotopic (exact) mass is 293 g/mol. The summed E-state index contributed by atoms with van der Waals surface area (Å²) in [6.07, 6.45) is 4.05. The van der Waals surface area contributed by atoms with Gasteiger partial charge in [-0.05, 0) is 36.8 Å². The van der Waals surface area contributed by atoms with E-state index in [1.807, 2.05) is 5.38 Å². The highest BCUT2D eigenvalue weighted by Gasteiger charge is 2.36. The molecule has 5 heterocycles. The molecule has 5 rings (SSSR count). The van der Waals surface area contributed by atoms with Crippen LogP contribution in [0.1, 0.15) is 12.8 Å². The Balaban J connectivity index is 1.66. The Kier molecular flexibility index (Phi) is 2.67. The summed E-state index contributed by atoms with van der Waals surface area (Å²) in [6.45, 7) is 3.28. The van der Waals surface area contributed by atoms with Crippen LogP contribution in [-0.2, 0) is 0 Å². The van der Waals surface area contributed by atoms with E-state index >= 15 is 0 Å². The molecule has 106 valence electrons. The van der Waals surface area contributed by atoms with Crippen molar-refractivity contribution in [3.8, 4) is 0 Å². The largest absolute Gasteiger partial charge is 0.372 e. The minimum atomic E-state index is -0.351. The maximum Gasteiger partial charge on any atom is 0.372 e. The van der Waals surface area contributed by atoms with Crippen LogP contribution in [0, 0.1) is 16.0 Å². The van der Waals surface area contributed by atoms with Crippen LogP contribution < -0.4 is 5.32 Å². The Morgan fingerprint density at radius 1 is 1.45 bits per heavy atom. The first-order valence-corrected chi connectivity index (χ1v) is 7.69. The molecule has 0 radical (unpaired) electrons. The van der Waals surface area contributed by atoms with Crippen LogP contribution in [-0.4, -0.2) is 44.9 Å². The Morgan fingerprint density at radius 3 is 2.90 bits per heavy atom. The molecule has 3 saturated heterocycles. The van der Waals surface area contributed by atoms with E-state index in [-0.39, 0.29) is 16.8 Å². The number of aromatic nitrogens is 2. The third-order valence-corrected chi connectivity index (χ3v) is 5.14.